The fraction of sp³-hybridized carbons (Fsp3) is 0.185. The van der Waals surface area contributed by atoms with E-state index in [2.05, 4.69) is 15.1 Å². The molecule has 0 spiro atoms. The maximum absolute atomic E-state index is 13.3. The van der Waals surface area contributed by atoms with Crippen LogP contribution in [0.1, 0.15) is 17.9 Å². The number of anilines is 1. The molecular formula is C27H24N4O4. The van der Waals surface area contributed by atoms with Gasteiger partial charge in [-0.3, -0.25) is 9.78 Å². The summed E-state index contributed by atoms with van der Waals surface area (Å²) in [5.41, 5.74) is 2.56. The minimum absolute atomic E-state index is 0.0690. The van der Waals surface area contributed by atoms with Gasteiger partial charge in [-0.2, -0.15) is 4.98 Å². The van der Waals surface area contributed by atoms with Gasteiger partial charge in [0, 0.05) is 49.1 Å². The third kappa shape index (κ3) is 5.55. The Balaban J connectivity index is 1.31. The second-order valence-corrected chi connectivity index (χ2v) is 7.90. The van der Waals surface area contributed by atoms with E-state index in [0.29, 0.717) is 49.4 Å². The zero-order valence-corrected chi connectivity index (χ0v) is 19.0. The van der Waals surface area contributed by atoms with Gasteiger partial charge in [0.15, 0.2) is 11.5 Å². The Morgan fingerprint density at radius 2 is 1.86 bits per heavy atom. The molecular weight excluding hydrogens is 444 g/mol. The highest BCUT2D eigenvalue weighted by molar-refractivity contribution is 5.94. The van der Waals surface area contributed by atoms with Crippen molar-refractivity contribution in [3.05, 3.63) is 90.6 Å². The molecule has 0 radical (unpaired) electrons. The lowest BCUT2D eigenvalue weighted by Crippen LogP contribution is -2.31. The number of aryl methyl sites for hydroxylation is 1. The number of amides is 1. The molecule has 1 aliphatic rings. The van der Waals surface area contributed by atoms with E-state index >= 15 is 0 Å². The van der Waals surface area contributed by atoms with Gasteiger partial charge in [-0.15, -0.1) is 0 Å². The Labute approximate surface area is 202 Å². The first-order valence-corrected chi connectivity index (χ1v) is 11.4. The van der Waals surface area contributed by atoms with Crippen LogP contribution >= 0.6 is 0 Å². The summed E-state index contributed by atoms with van der Waals surface area (Å²) in [6.45, 7) is 1.40. The van der Waals surface area contributed by atoms with Crippen molar-refractivity contribution in [1.82, 2.24) is 15.1 Å². The van der Waals surface area contributed by atoms with E-state index in [1.165, 1.54) is 0 Å². The summed E-state index contributed by atoms with van der Waals surface area (Å²) in [6.07, 6.45) is 7.86. The molecule has 0 saturated heterocycles. The monoisotopic (exact) mass is 468 g/mol. The molecule has 1 amide bonds. The number of carbonyl (C=O) groups is 1. The number of rotatable bonds is 8. The zero-order chi connectivity index (χ0) is 23.9. The summed E-state index contributed by atoms with van der Waals surface area (Å²) in [5.74, 6) is 2.10. The molecule has 176 valence electrons. The number of benzene rings is 2. The molecule has 8 heteroatoms. The first-order chi connectivity index (χ1) is 17.3. The normalized spacial score (nSPS) is 12.6. The molecule has 0 bridgehead atoms. The quantitative estimate of drug-likeness (QED) is 0.374. The standard InChI is InChI=1S/C27H24N4O4/c32-26(13-12-25-29-27(30-35-25)21-9-4-14-28-19-21)31(15-5-8-20-6-2-1-3-7-20)22-10-11-23-24(18-22)34-17-16-33-23/h1-11,14,18-19H,12-13,15-17H2/b8-5+. The van der Waals surface area contributed by atoms with E-state index in [4.69, 9.17) is 14.0 Å². The highest BCUT2D eigenvalue weighted by atomic mass is 16.6. The lowest BCUT2D eigenvalue weighted by atomic mass is 10.2. The van der Waals surface area contributed by atoms with Crippen LogP contribution in [0, 0.1) is 0 Å². The minimum atomic E-state index is -0.0690. The Hall–Kier alpha value is -4.46. The SMILES string of the molecule is O=C(CCc1nc(-c2cccnc2)no1)N(C/C=C/c1ccccc1)c1ccc2c(c1)OCCO2. The summed E-state index contributed by atoms with van der Waals surface area (Å²) >= 11 is 0. The lowest BCUT2D eigenvalue weighted by Gasteiger charge is -2.24. The molecule has 0 unspecified atom stereocenters. The summed E-state index contributed by atoms with van der Waals surface area (Å²) in [5, 5.41) is 4.01. The van der Waals surface area contributed by atoms with Crippen molar-refractivity contribution in [1.29, 1.82) is 0 Å². The number of carbonyl (C=O) groups excluding carboxylic acids is 1. The van der Waals surface area contributed by atoms with Crippen LogP contribution in [0.4, 0.5) is 5.69 Å². The second kappa shape index (κ2) is 10.6. The fourth-order valence-corrected chi connectivity index (χ4v) is 3.73. The molecule has 0 saturated carbocycles. The average Bonchev–Trinajstić information content (AvgIpc) is 3.40. The molecule has 0 fully saturated rings. The van der Waals surface area contributed by atoms with E-state index in [0.717, 1.165) is 16.8 Å². The highest BCUT2D eigenvalue weighted by Crippen LogP contribution is 2.34. The Morgan fingerprint density at radius 3 is 2.69 bits per heavy atom. The van der Waals surface area contributed by atoms with Gasteiger partial charge in [-0.05, 0) is 29.8 Å². The predicted octanol–water partition coefficient (Wildman–Crippen LogP) is 4.58. The van der Waals surface area contributed by atoms with Crippen LogP contribution in [-0.4, -0.2) is 40.8 Å². The van der Waals surface area contributed by atoms with Crippen LogP contribution in [0.25, 0.3) is 17.5 Å². The third-order valence-corrected chi connectivity index (χ3v) is 5.48. The largest absolute Gasteiger partial charge is 0.486 e. The van der Waals surface area contributed by atoms with E-state index in [-0.39, 0.29) is 12.3 Å². The predicted molar refractivity (Wildman–Crippen MR) is 131 cm³/mol. The topological polar surface area (TPSA) is 90.6 Å². The van der Waals surface area contributed by atoms with E-state index in [1.54, 1.807) is 17.3 Å². The first kappa shape index (κ1) is 22.3. The maximum atomic E-state index is 13.3. The molecule has 1 aliphatic heterocycles. The van der Waals surface area contributed by atoms with Crippen molar-refractivity contribution in [3.63, 3.8) is 0 Å². The van der Waals surface area contributed by atoms with Gasteiger partial charge in [-0.1, -0.05) is 47.6 Å². The van der Waals surface area contributed by atoms with Crippen molar-refractivity contribution >= 4 is 17.7 Å². The maximum Gasteiger partial charge on any atom is 0.227 e. The van der Waals surface area contributed by atoms with Crippen LogP contribution in [0.2, 0.25) is 0 Å². The van der Waals surface area contributed by atoms with Crippen LogP contribution in [0.15, 0.2) is 83.7 Å². The molecule has 0 atom stereocenters. The molecule has 35 heavy (non-hydrogen) atoms. The smallest absolute Gasteiger partial charge is 0.227 e. The molecule has 0 aliphatic carbocycles. The lowest BCUT2D eigenvalue weighted by molar-refractivity contribution is -0.118. The van der Waals surface area contributed by atoms with Gasteiger partial charge in [0.05, 0.1) is 0 Å². The van der Waals surface area contributed by atoms with Gasteiger partial charge in [0.25, 0.3) is 0 Å². The summed E-state index contributed by atoms with van der Waals surface area (Å²) in [4.78, 5) is 23.5. The van der Waals surface area contributed by atoms with Crippen molar-refractivity contribution in [2.75, 3.05) is 24.7 Å². The van der Waals surface area contributed by atoms with Gasteiger partial charge in [0.2, 0.25) is 17.6 Å². The Kier molecular flexibility index (Phi) is 6.79. The number of hydrogen-bond acceptors (Lipinski definition) is 7. The number of ether oxygens (including phenoxy) is 2. The third-order valence-electron chi connectivity index (χ3n) is 5.48. The van der Waals surface area contributed by atoms with Gasteiger partial charge >= 0.3 is 0 Å². The van der Waals surface area contributed by atoms with Gasteiger partial charge < -0.3 is 18.9 Å². The fourth-order valence-electron chi connectivity index (χ4n) is 3.73. The molecule has 3 heterocycles. The Morgan fingerprint density at radius 1 is 1.00 bits per heavy atom. The zero-order valence-electron chi connectivity index (χ0n) is 19.0. The van der Waals surface area contributed by atoms with Crippen molar-refractivity contribution in [2.45, 2.75) is 12.8 Å². The van der Waals surface area contributed by atoms with Crippen molar-refractivity contribution in [3.8, 4) is 22.9 Å². The second-order valence-electron chi connectivity index (χ2n) is 7.90. The molecule has 0 N–H and O–H groups in total. The van der Waals surface area contributed by atoms with Crippen LogP contribution in [0.5, 0.6) is 11.5 Å². The van der Waals surface area contributed by atoms with Crippen LogP contribution < -0.4 is 14.4 Å². The summed E-state index contributed by atoms with van der Waals surface area (Å²) < 4.78 is 16.7. The molecule has 2 aromatic carbocycles. The summed E-state index contributed by atoms with van der Waals surface area (Å²) in [7, 11) is 0. The number of fused-ring (bicyclic) bond motifs is 1. The Bertz CT molecular complexity index is 1310. The molecule has 5 rings (SSSR count). The molecule has 8 nitrogen and oxygen atoms in total. The molecule has 4 aromatic rings. The van der Waals surface area contributed by atoms with Crippen molar-refractivity contribution < 1.29 is 18.8 Å². The van der Waals surface area contributed by atoms with Gasteiger partial charge in [0.1, 0.15) is 13.2 Å². The molecule has 2 aromatic heterocycles. The summed E-state index contributed by atoms with van der Waals surface area (Å²) in [6, 6.07) is 19.2. The van der Waals surface area contributed by atoms with Crippen LogP contribution in [0.3, 0.4) is 0 Å². The van der Waals surface area contributed by atoms with Crippen LogP contribution in [-0.2, 0) is 11.2 Å². The number of nitrogens with zero attached hydrogens (tertiary/aromatic N) is 4. The van der Waals surface area contributed by atoms with Crippen molar-refractivity contribution in [2.24, 2.45) is 0 Å². The highest BCUT2D eigenvalue weighted by Gasteiger charge is 2.20. The minimum Gasteiger partial charge on any atom is -0.486 e. The van der Waals surface area contributed by atoms with E-state index < -0.39 is 0 Å². The average molecular weight is 469 g/mol. The van der Waals surface area contributed by atoms with E-state index in [1.807, 2.05) is 72.8 Å². The number of pyridine rings is 1. The number of hydrogen-bond donors (Lipinski definition) is 0. The van der Waals surface area contributed by atoms with Gasteiger partial charge in [-0.25, -0.2) is 0 Å². The van der Waals surface area contributed by atoms with E-state index in [9.17, 15) is 4.79 Å². The number of aromatic nitrogens is 3. The first-order valence-electron chi connectivity index (χ1n) is 11.4.